The Hall–Kier alpha value is -2.30. The SMILES string of the molecule is CCCN(CCC)C(=O)c1oc2ccccc2c1NC(=O)C1CCCC1. The van der Waals surface area contributed by atoms with Gasteiger partial charge in [0.25, 0.3) is 5.91 Å². The zero-order chi connectivity index (χ0) is 18.5. The van der Waals surface area contributed by atoms with Crippen LogP contribution in [0.15, 0.2) is 28.7 Å². The van der Waals surface area contributed by atoms with E-state index < -0.39 is 0 Å². The average Bonchev–Trinajstić information content (AvgIpc) is 3.29. The number of hydrogen-bond donors (Lipinski definition) is 1. The van der Waals surface area contributed by atoms with Crippen LogP contribution in [0.5, 0.6) is 0 Å². The first-order valence-electron chi connectivity index (χ1n) is 9.77. The summed E-state index contributed by atoms with van der Waals surface area (Å²) in [4.78, 5) is 27.6. The molecule has 0 atom stereocenters. The highest BCUT2D eigenvalue weighted by atomic mass is 16.3. The van der Waals surface area contributed by atoms with Gasteiger partial charge in [-0.05, 0) is 37.8 Å². The Labute approximate surface area is 154 Å². The highest BCUT2D eigenvalue weighted by Gasteiger charge is 2.29. The van der Waals surface area contributed by atoms with E-state index in [4.69, 9.17) is 4.42 Å². The van der Waals surface area contributed by atoms with Crippen molar-refractivity contribution in [1.29, 1.82) is 0 Å². The molecule has 2 aromatic rings. The Morgan fingerprint density at radius 3 is 2.42 bits per heavy atom. The first-order valence-corrected chi connectivity index (χ1v) is 9.77. The van der Waals surface area contributed by atoms with Crippen LogP contribution < -0.4 is 5.32 Å². The van der Waals surface area contributed by atoms with Crippen molar-refractivity contribution in [3.05, 3.63) is 30.0 Å². The van der Waals surface area contributed by atoms with Crippen LogP contribution >= 0.6 is 0 Å². The van der Waals surface area contributed by atoms with Gasteiger partial charge in [-0.1, -0.05) is 38.8 Å². The fourth-order valence-corrected chi connectivity index (χ4v) is 3.73. The van der Waals surface area contributed by atoms with Crippen LogP contribution in [0, 0.1) is 5.92 Å². The summed E-state index contributed by atoms with van der Waals surface area (Å²) < 4.78 is 5.89. The maximum atomic E-state index is 13.1. The van der Waals surface area contributed by atoms with Crippen molar-refractivity contribution in [3.63, 3.8) is 0 Å². The number of anilines is 1. The van der Waals surface area contributed by atoms with Crippen molar-refractivity contribution in [3.8, 4) is 0 Å². The fourth-order valence-electron chi connectivity index (χ4n) is 3.73. The minimum absolute atomic E-state index is 0.000589. The zero-order valence-electron chi connectivity index (χ0n) is 15.7. The molecule has 1 aromatic heterocycles. The molecular formula is C21H28N2O3. The predicted molar refractivity (Wildman–Crippen MR) is 103 cm³/mol. The van der Waals surface area contributed by atoms with E-state index in [2.05, 4.69) is 19.2 Å². The number of benzene rings is 1. The molecule has 0 radical (unpaired) electrons. The van der Waals surface area contributed by atoms with Gasteiger partial charge in [-0.3, -0.25) is 9.59 Å². The Balaban J connectivity index is 1.95. The molecule has 5 heteroatoms. The highest BCUT2D eigenvalue weighted by molar-refractivity contribution is 6.11. The van der Waals surface area contributed by atoms with Gasteiger partial charge in [-0.2, -0.15) is 0 Å². The van der Waals surface area contributed by atoms with Gasteiger partial charge in [0, 0.05) is 24.4 Å². The lowest BCUT2D eigenvalue weighted by atomic mass is 10.1. The Kier molecular flexibility index (Phi) is 5.96. The molecule has 0 saturated heterocycles. The molecule has 5 nitrogen and oxygen atoms in total. The van der Waals surface area contributed by atoms with Crippen molar-refractivity contribution in [2.75, 3.05) is 18.4 Å². The molecule has 1 heterocycles. The predicted octanol–water partition coefficient (Wildman–Crippen LogP) is 4.82. The molecule has 140 valence electrons. The summed E-state index contributed by atoms with van der Waals surface area (Å²) in [5.74, 6) is 0.140. The molecule has 0 bridgehead atoms. The van der Waals surface area contributed by atoms with E-state index in [0.29, 0.717) is 24.4 Å². The lowest BCUT2D eigenvalue weighted by Crippen LogP contribution is -2.33. The number of nitrogens with one attached hydrogen (secondary N) is 1. The third-order valence-corrected chi connectivity index (χ3v) is 5.04. The van der Waals surface area contributed by atoms with Crippen LogP contribution in [0.1, 0.15) is 62.9 Å². The van der Waals surface area contributed by atoms with E-state index in [0.717, 1.165) is 43.9 Å². The maximum Gasteiger partial charge on any atom is 0.291 e. The third kappa shape index (κ3) is 3.76. The fraction of sp³-hybridized carbons (Fsp3) is 0.524. The van der Waals surface area contributed by atoms with Gasteiger partial charge in [0.05, 0.1) is 0 Å². The number of para-hydroxylation sites is 1. The van der Waals surface area contributed by atoms with Crippen LogP contribution in [0.3, 0.4) is 0 Å². The summed E-state index contributed by atoms with van der Waals surface area (Å²) in [5, 5.41) is 3.80. The van der Waals surface area contributed by atoms with E-state index in [9.17, 15) is 9.59 Å². The molecule has 3 rings (SSSR count). The molecule has 0 unspecified atom stereocenters. The van der Waals surface area contributed by atoms with Gasteiger partial charge >= 0.3 is 0 Å². The van der Waals surface area contributed by atoms with E-state index in [-0.39, 0.29) is 23.5 Å². The molecule has 0 aliphatic heterocycles. The topological polar surface area (TPSA) is 62.6 Å². The van der Waals surface area contributed by atoms with Gasteiger partial charge in [-0.15, -0.1) is 0 Å². The third-order valence-electron chi connectivity index (χ3n) is 5.04. The monoisotopic (exact) mass is 356 g/mol. The number of furan rings is 1. The van der Waals surface area contributed by atoms with Crippen molar-refractivity contribution in [2.45, 2.75) is 52.4 Å². The van der Waals surface area contributed by atoms with Gasteiger partial charge < -0.3 is 14.6 Å². The molecule has 1 aromatic carbocycles. The number of rotatable bonds is 7. The molecule has 1 fully saturated rings. The van der Waals surface area contributed by atoms with Gasteiger partial charge in [-0.25, -0.2) is 0 Å². The molecule has 2 amide bonds. The number of fused-ring (bicyclic) bond motifs is 1. The molecule has 0 spiro atoms. The molecule has 26 heavy (non-hydrogen) atoms. The summed E-state index contributed by atoms with van der Waals surface area (Å²) in [6.07, 6.45) is 5.80. The van der Waals surface area contributed by atoms with E-state index in [1.165, 1.54) is 0 Å². The average molecular weight is 356 g/mol. The lowest BCUT2D eigenvalue weighted by molar-refractivity contribution is -0.119. The standard InChI is InChI=1S/C21H28N2O3/c1-3-13-23(14-4-2)21(25)19-18(16-11-7-8-12-17(16)26-19)22-20(24)15-9-5-6-10-15/h7-8,11-12,15H,3-6,9-10,13-14H2,1-2H3,(H,22,24). The van der Waals surface area contributed by atoms with Crippen LogP contribution in [-0.2, 0) is 4.79 Å². The van der Waals surface area contributed by atoms with Gasteiger partial charge in [0.2, 0.25) is 11.7 Å². The summed E-state index contributed by atoms with van der Waals surface area (Å²) in [7, 11) is 0. The molecule has 1 aliphatic carbocycles. The zero-order valence-corrected chi connectivity index (χ0v) is 15.7. The summed E-state index contributed by atoms with van der Waals surface area (Å²) in [6.45, 7) is 5.47. The smallest absolute Gasteiger partial charge is 0.291 e. The van der Waals surface area contributed by atoms with Gasteiger partial charge in [0.15, 0.2) is 0 Å². The summed E-state index contributed by atoms with van der Waals surface area (Å²) in [6, 6.07) is 7.50. The number of amides is 2. The van der Waals surface area contributed by atoms with E-state index in [1.807, 2.05) is 29.2 Å². The van der Waals surface area contributed by atoms with Crippen LogP contribution in [0.25, 0.3) is 11.0 Å². The van der Waals surface area contributed by atoms with Crippen molar-refractivity contribution < 1.29 is 14.0 Å². The van der Waals surface area contributed by atoms with Crippen molar-refractivity contribution >= 4 is 28.5 Å². The van der Waals surface area contributed by atoms with E-state index in [1.54, 1.807) is 0 Å². The maximum absolute atomic E-state index is 13.1. The normalized spacial score (nSPS) is 14.7. The summed E-state index contributed by atoms with van der Waals surface area (Å²) >= 11 is 0. The molecule has 1 aliphatic rings. The van der Waals surface area contributed by atoms with E-state index >= 15 is 0 Å². The molecule has 1 saturated carbocycles. The quantitative estimate of drug-likeness (QED) is 0.773. The Morgan fingerprint density at radius 1 is 1.12 bits per heavy atom. The van der Waals surface area contributed by atoms with Crippen LogP contribution in [-0.4, -0.2) is 29.8 Å². The van der Waals surface area contributed by atoms with Crippen LogP contribution in [0.2, 0.25) is 0 Å². The second-order valence-electron chi connectivity index (χ2n) is 7.07. The van der Waals surface area contributed by atoms with Crippen molar-refractivity contribution in [1.82, 2.24) is 4.90 Å². The highest BCUT2D eigenvalue weighted by Crippen LogP contribution is 2.34. The summed E-state index contributed by atoms with van der Waals surface area (Å²) in [5.41, 5.74) is 1.16. The van der Waals surface area contributed by atoms with Crippen molar-refractivity contribution in [2.24, 2.45) is 5.92 Å². The number of hydrogen-bond acceptors (Lipinski definition) is 3. The first-order chi connectivity index (χ1) is 12.7. The second-order valence-corrected chi connectivity index (χ2v) is 7.07. The minimum atomic E-state index is -0.147. The molecular weight excluding hydrogens is 328 g/mol. The molecule has 1 N–H and O–H groups in total. The van der Waals surface area contributed by atoms with Gasteiger partial charge in [0.1, 0.15) is 11.3 Å². The second kappa shape index (κ2) is 8.39. The lowest BCUT2D eigenvalue weighted by Gasteiger charge is -2.21. The van der Waals surface area contributed by atoms with Crippen LogP contribution in [0.4, 0.5) is 5.69 Å². The number of nitrogens with zero attached hydrogens (tertiary/aromatic N) is 1. The Morgan fingerprint density at radius 2 is 1.77 bits per heavy atom. The minimum Gasteiger partial charge on any atom is -0.449 e. The first kappa shape index (κ1) is 18.5. The Bertz CT molecular complexity index is 769. The number of carbonyl (C=O) groups excluding carboxylic acids is 2. The number of carbonyl (C=O) groups is 2. The largest absolute Gasteiger partial charge is 0.449 e.